The molecule has 8 unspecified atom stereocenters. The summed E-state index contributed by atoms with van der Waals surface area (Å²) in [5.41, 5.74) is 5.68. The van der Waals surface area contributed by atoms with Crippen LogP contribution < -0.4 is 21.7 Å². The highest BCUT2D eigenvalue weighted by Crippen LogP contribution is 2.28. The van der Waals surface area contributed by atoms with Crippen LogP contribution in [0.5, 0.6) is 0 Å². The van der Waals surface area contributed by atoms with Gasteiger partial charge in [-0.25, -0.2) is 4.79 Å². The third-order valence-corrected chi connectivity index (χ3v) is 9.73. The Hall–Kier alpha value is -3.55. The van der Waals surface area contributed by atoms with Crippen LogP contribution in [-0.2, 0) is 44.6 Å². The summed E-state index contributed by atoms with van der Waals surface area (Å²) in [4.78, 5) is 68.2. The number of amides is 4. The van der Waals surface area contributed by atoms with E-state index in [1.54, 1.807) is 25.7 Å². The maximum atomic E-state index is 14.0. The molecule has 0 aromatic heterocycles. The van der Waals surface area contributed by atoms with Gasteiger partial charge in [0, 0.05) is 27.2 Å². The second-order valence-electron chi connectivity index (χ2n) is 14.4. The van der Waals surface area contributed by atoms with Crippen molar-refractivity contribution >= 4 is 29.6 Å². The van der Waals surface area contributed by atoms with Crippen molar-refractivity contribution in [1.29, 1.82) is 0 Å². The minimum Gasteiger partial charge on any atom is -0.467 e. The molecule has 4 amide bonds. The van der Waals surface area contributed by atoms with E-state index < -0.39 is 59.7 Å². The first-order valence-electron chi connectivity index (χ1n) is 17.7. The molecule has 1 fully saturated rings. The summed E-state index contributed by atoms with van der Waals surface area (Å²) < 4.78 is 16.7. The molecule has 0 bridgehead atoms. The number of esters is 1. The zero-order valence-electron chi connectivity index (χ0n) is 31.6. The van der Waals surface area contributed by atoms with Crippen molar-refractivity contribution in [2.24, 2.45) is 23.5 Å². The van der Waals surface area contributed by atoms with E-state index in [0.717, 1.165) is 12.0 Å². The Labute approximate surface area is 298 Å². The molecular weight excluding hydrogens is 642 g/mol. The first-order valence-corrected chi connectivity index (χ1v) is 17.7. The molecule has 0 radical (unpaired) electrons. The lowest BCUT2D eigenvalue weighted by atomic mass is 9.90. The predicted octanol–water partition coefficient (Wildman–Crippen LogP) is 2.34. The maximum absolute atomic E-state index is 14.0. The summed E-state index contributed by atoms with van der Waals surface area (Å²) >= 11 is 0. The van der Waals surface area contributed by atoms with E-state index in [1.807, 2.05) is 58.0 Å². The highest BCUT2D eigenvalue weighted by Gasteiger charge is 2.42. The average Bonchev–Trinajstić information content (AvgIpc) is 3.57. The van der Waals surface area contributed by atoms with Crippen molar-refractivity contribution in [2.45, 2.75) is 122 Å². The van der Waals surface area contributed by atoms with Crippen LogP contribution in [0.15, 0.2) is 30.3 Å². The summed E-state index contributed by atoms with van der Waals surface area (Å²) in [6.45, 7) is 13.0. The number of rotatable bonds is 19. The molecule has 1 aromatic rings. The minimum absolute atomic E-state index is 0.0185. The molecule has 5 N–H and O–H groups in total. The number of hydrogen-bond donors (Lipinski definition) is 4. The van der Waals surface area contributed by atoms with E-state index in [-0.39, 0.29) is 42.4 Å². The van der Waals surface area contributed by atoms with Crippen LogP contribution >= 0.6 is 0 Å². The van der Waals surface area contributed by atoms with Crippen LogP contribution in [0.3, 0.4) is 0 Å². The summed E-state index contributed by atoms with van der Waals surface area (Å²) in [7, 11) is 4.31. The molecule has 13 heteroatoms. The lowest BCUT2D eigenvalue weighted by molar-refractivity contribution is -0.147. The quantitative estimate of drug-likeness (QED) is 0.158. The van der Waals surface area contributed by atoms with Crippen LogP contribution in [0.4, 0.5) is 0 Å². The van der Waals surface area contributed by atoms with Gasteiger partial charge in [-0.3, -0.25) is 19.2 Å². The van der Waals surface area contributed by atoms with Crippen molar-refractivity contribution in [3.8, 4) is 0 Å². The topological polar surface area (TPSA) is 178 Å². The SMILES string of the molecule is CCC(C)C(NC(=O)C(NC(=O)C(C)(C)N)C(C)C)C(CC(=O)N1CCCC1C(OC)C(C)C(=O)NC(Cc1ccccc1)C(=O)OC)OC. The van der Waals surface area contributed by atoms with Gasteiger partial charge in [0.1, 0.15) is 12.1 Å². The smallest absolute Gasteiger partial charge is 0.328 e. The Morgan fingerprint density at radius 2 is 1.58 bits per heavy atom. The monoisotopic (exact) mass is 703 g/mol. The lowest BCUT2D eigenvalue weighted by Gasteiger charge is -2.37. The molecule has 1 aliphatic heterocycles. The molecule has 8 atom stereocenters. The third-order valence-electron chi connectivity index (χ3n) is 9.73. The van der Waals surface area contributed by atoms with Crippen molar-refractivity contribution in [2.75, 3.05) is 27.9 Å². The normalized spacial score (nSPS) is 19.0. The average molecular weight is 704 g/mol. The highest BCUT2D eigenvalue weighted by molar-refractivity contribution is 5.92. The summed E-state index contributed by atoms with van der Waals surface area (Å²) in [5.74, 6) is -2.94. The van der Waals surface area contributed by atoms with Gasteiger partial charge < -0.3 is 40.8 Å². The third kappa shape index (κ3) is 11.8. The number of methoxy groups -OCH3 is 3. The van der Waals surface area contributed by atoms with E-state index in [2.05, 4.69) is 16.0 Å². The molecule has 1 aromatic carbocycles. The van der Waals surface area contributed by atoms with E-state index in [4.69, 9.17) is 19.9 Å². The van der Waals surface area contributed by atoms with E-state index >= 15 is 0 Å². The van der Waals surface area contributed by atoms with Crippen molar-refractivity contribution < 1.29 is 38.2 Å². The Balaban J connectivity index is 2.22. The number of benzene rings is 1. The Morgan fingerprint density at radius 3 is 2.10 bits per heavy atom. The van der Waals surface area contributed by atoms with Crippen LogP contribution in [-0.4, -0.2) is 104 Å². The second kappa shape index (κ2) is 19.7. The fourth-order valence-electron chi connectivity index (χ4n) is 6.39. The summed E-state index contributed by atoms with van der Waals surface area (Å²) in [6.07, 6.45) is 0.981. The van der Waals surface area contributed by atoms with Gasteiger partial charge in [0.15, 0.2) is 0 Å². The van der Waals surface area contributed by atoms with Gasteiger partial charge in [0.05, 0.1) is 49.3 Å². The van der Waals surface area contributed by atoms with Gasteiger partial charge >= 0.3 is 5.97 Å². The molecule has 1 heterocycles. The van der Waals surface area contributed by atoms with Crippen LogP contribution in [0.1, 0.15) is 79.7 Å². The molecule has 0 aliphatic carbocycles. The van der Waals surface area contributed by atoms with E-state index in [1.165, 1.54) is 21.3 Å². The molecule has 1 saturated heterocycles. The highest BCUT2D eigenvalue weighted by atomic mass is 16.5. The number of carbonyl (C=O) groups excluding carboxylic acids is 5. The number of nitrogens with two attached hydrogens (primary N) is 1. The number of ether oxygens (including phenoxy) is 3. The van der Waals surface area contributed by atoms with Gasteiger partial charge in [-0.05, 0) is 44.1 Å². The van der Waals surface area contributed by atoms with Crippen molar-refractivity contribution in [1.82, 2.24) is 20.9 Å². The summed E-state index contributed by atoms with van der Waals surface area (Å²) in [6, 6.07) is 6.69. The molecule has 1 aliphatic rings. The van der Waals surface area contributed by atoms with Crippen molar-refractivity contribution in [3.63, 3.8) is 0 Å². The number of hydrogen-bond acceptors (Lipinski definition) is 9. The molecule has 0 saturated carbocycles. The van der Waals surface area contributed by atoms with Crippen LogP contribution in [0.2, 0.25) is 0 Å². The Kier molecular flexibility index (Phi) is 16.8. The number of likely N-dealkylation sites (tertiary alicyclic amines) is 1. The molecular formula is C37H61N5O8. The predicted molar refractivity (Wildman–Crippen MR) is 191 cm³/mol. The fourth-order valence-corrected chi connectivity index (χ4v) is 6.39. The molecule has 2 rings (SSSR count). The molecule has 13 nitrogen and oxygen atoms in total. The standard InChI is InChI=1S/C37H61N5O8/c1-11-23(4)31(40-34(45)30(22(2)3)41-36(47)37(6,7)38)28(48-8)21-29(43)42-19-15-18-27(42)32(49-9)24(5)33(44)39-26(35(46)50-10)20-25-16-13-12-14-17-25/h12-14,16-17,22-24,26-28,30-32H,11,15,18-21,38H2,1-10H3,(H,39,44)(H,40,45)(H,41,47). The van der Waals surface area contributed by atoms with E-state index in [0.29, 0.717) is 19.4 Å². The van der Waals surface area contributed by atoms with Gasteiger partial charge in [0.25, 0.3) is 0 Å². The number of nitrogens with one attached hydrogen (secondary N) is 3. The number of nitrogens with zero attached hydrogens (tertiary/aromatic N) is 1. The first-order chi connectivity index (χ1) is 23.5. The van der Waals surface area contributed by atoms with Gasteiger partial charge in [-0.2, -0.15) is 0 Å². The van der Waals surface area contributed by atoms with Crippen molar-refractivity contribution in [3.05, 3.63) is 35.9 Å². The first kappa shape index (κ1) is 42.6. The minimum atomic E-state index is -1.17. The Bertz CT molecular complexity index is 1270. The second-order valence-corrected chi connectivity index (χ2v) is 14.4. The summed E-state index contributed by atoms with van der Waals surface area (Å²) in [5, 5.41) is 8.69. The van der Waals surface area contributed by atoms with Crippen LogP contribution in [0, 0.1) is 17.8 Å². The van der Waals surface area contributed by atoms with Crippen LogP contribution in [0.25, 0.3) is 0 Å². The Morgan fingerprint density at radius 1 is 0.940 bits per heavy atom. The lowest BCUT2D eigenvalue weighted by Crippen LogP contribution is -2.60. The zero-order chi connectivity index (χ0) is 37.8. The van der Waals surface area contributed by atoms with Gasteiger partial charge in [-0.15, -0.1) is 0 Å². The molecule has 282 valence electrons. The number of carbonyl (C=O) groups is 5. The maximum Gasteiger partial charge on any atom is 0.328 e. The largest absolute Gasteiger partial charge is 0.467 e. The molecule has 0 spiro atoms. The van der Waals surface area contributed by atoms with Gasteiger partial charge in [0.2, 0.25) is 23.6 Å². The fraction of sp³-hybridized carbons (Fsp3) is 0.703. The van der Waals surface area contributed by atoms with Gasteiger partial charge in [-0.1, -0.05) is 71.4 Å². The molecule has 50 heavy (non-hydrogen) atoms. The zero-order valence-corrected chi connectivity index (χ0v) is 31.6. The van der Waals surface area contributed by atoms with E-state index in [9.17, 15) is 24.0 Å².